The van der Waals surface area contributed by atoms with Crippen molar-refractivity contribution in [2.45, 2.75) is 11.8 Å². The number of hydrogen-bond acceptors (Lipinski definition) is 4. The van der Waals surface area contributed by atoms with Crippen LogP contribution in [0.15, 0.2) is 64.8 Å². The molecule has 25 heavy (non-hydrogen) atoms. The maximum atomic E-state index is 10.4. The Bertz CT molecular complexity index is 725. The summed E-state index contributed by atoms with van der Waals surface area (Å²) in [6.45, 7) is 11.0. The van der Waals surface area contributed by atoms with Gasteiger partial charge in [0, 0.05) is 21.1 Å². The monoisotopic (exact) mass is 863 g/mol. The Kier molecular flexibility index (Phi) is 18.3. The van der Waals surface area contributed by atoms with E-state index in [2.05, 4.69) is 17.6 Å². The summed E-state index contributed by atoms with van der Waals surface area (Å²) in [7, 11) is -2.15. The summed E-state index contributed by atoms with van der Waals surface area (Å²) >= 11 is 2.67. The zero-order valence-corrected chi connectivity index (χ0v) is 23.0. The van der Waals surface area contributed by atoms with Crippen LogP contribution in [-0.4, -0.2) is 8.80 Å². The Labute approximate surface area is 188 Å². The van der Waals surface area contributed by atoms with Gasteiger partial charge in [-0.1, -0.05) is 6.07 Å². The largest absolute Gasteiger partial charge is 0.432 e. The predicted molar refractivity (Wildman–Crippen MR) is 88.6 cm³/mol. The van der Waals surface area contributed by atoms with Crippen LogP contribution in [0.4, 0.5) is 0 Å². The van der Waals surface area contributed by atoms with Gasteiger partial charge in [-0.2, -0.15) is 11.0 Å². The van der Waals surface area contributed by atoms with Gasteiger partial charge in [-0.25, -0.2) is 12.5 Å². The molecule has 1 rings (SSSR count). The van der Waals surface area contributed by atoms with Gasteiger partial charge in [-0.15, -0.1) is 22.8 Å². The van der Waals surface area contributed by atoms with Crippen molar-refractivity contribution in [3.8, 4) is 0 Å². The maximum absolute atomic E-state index is 10.4. The van der Waals surface area contributed by atoms with Gasteiger partial charge in [0.15, 0.2) is 0 Å². The van der Waals surface area contributed by atoms with Crippen LogP contribution in [0.5, 0.6) is 0 Å². The number of ether oxygens (including phenoxy) is 1. The van der Waals surface area contributed by atoms with Crippen LogP contribution < -0.4 is 0 Å². The zero-order chi connectivity index (χ0) is 18.4. The van der Waals surface area contributed by atoms with Crippen LogP contribution in [0.1, 0.15) is 12.5 Å². The van der Waals surface area contributed by atoms with E-state index in [9.17, 15) is 8.42 Å². The molecule has 0 saturated heterocycles. The van der Waals surface area contributed by atoms with Crippen LogP contribution in [0.3, 0.4) is 0 Å². The van der Waals surface area contributed by atoms with Crippen molar-refractivity contribution in [1.29, 1.82) is 0 Å². The molecular formula is C18H15O3SW3-5. The molecule has 134 valence electrons. The summed E-state index contributed by atoms with van der Waals surface area (Å²) < 4.78 is 30.7. The van der Waals surface area contributed by atoms with Gasteiger partial charge in [-0.3, -0.25) is 0 Å². The van der Waals surface area contributed by atoms with E-state index < -0.39 is 10.7 Å². The van der Waals surface area contributed by atoms with Gasteiger partial charge in [-0.05, 0) is 0 Å². The molecule has 0 aliphatic rings. The normalized spacial score (nSPS) is 10.7. The topological polar surface area (TPSA) is 43.4 Å². The molecule has 0 radical (unpaired) electrons. The standard InChI is InChI=1S/C11H9O.C7H6O2S.3W/c1-5-7-11(4)12-9-8-10(3)6-2;1-6-4-2-3-5-7(6)10(8)9;;;/h1,4-8H,3H3;2-5H,1H2;;;/q-3;-2;;;/b7-5-,10-6-;;;;. The van der Waals surface area contributed by atoms with E-state index in [-0.39, 0.29) is 26.0 Å². The molecule has 1 aromatic carbocycles. The summed E-state index contributed by atoms with van der Waals surface area (Å²) in [4.78, 5) is 0.266. The zero-order valence-electron chi connectivity index (χ0n) is 13.3. The first-order chi connectivity index (χ1) is 11.4. The summed E-state index contributed by atoms with van der Waals surface area (Å²) in [5, 5.41) is 0. The molecule has 0 fully saturated rings. The first-order valence-corrected chi connectivity index (χ1v) is 10.7. The average Bonchev–Trinajstić information content (AvgIpc) is 2.54. The first-order valence-electron chi connectivity index (χ1n) is 6.47. The minimum atomic E-state index is -2.15. The first kappa shape index (κ1) is 26.8. The fourth-order valence-electron chi connectivity index (χ4n) is 1.16. The molecule has 7 heteroatoms. The van der Waals surface area contributed by atoms with Gasteiger partial charge >= 0.3 is 108 Å². The second-order valence-corrected chi connectivity index (χ2v) is 6.84. The van der Waals surface area contributed by atoms with Crippen LogP contribution in [0.2, 0.25) is 0 Å². The number of allylic oxidation sites excluding steroid dienone is 5. The molecule has 0 amide bonds. The molecule has 0 aliphatic carbocycles. The molecule has 0 unspecified atom stereocenters. The van der Waals surface area contributed by atoms with E-state index in [4.69, 9.17) is 11.3 Å². The summed E-state index contributed by atoms with van der Waals surface area (Å²) in [5.74, 6) is 0.335. The third-order valence-corrected chi connectivity index (χ3v) is 3.99. The second kappa shape index (κ2) is 17.0. The van der Waals surface area contributed by atoms with E-state index in [1.807, 2.05) is 23.5 Å². The molecule has 0 heterocycles. The molecule has 0 saturated carbocycles. The molecule has 0 bridgehead atoms. The Morgan fingerprint density at radius 3 is 2.48 bits per heavy atom. The molecule has 3 nitrogen and oxygen atoms in total. The molecule has 0 atom stereocenters. The Hall–Kier alpha value is -0.395. The number of benzene rings is 1. The van der Waals surface area contributed by atoms with E-state index >= 15 is 0 Å². The quantitative estimate of drug-likeness (QED) is 0.183. The third-order valence-electron chi connectivity index (χ3n) is 2.24. The van der Waals surface area contributed by atoms with Crippen molar-refractivity contribution >= 4 is 19.5 Å². The van der Waals surface area contributed by atoms with Crippen LogP contribution in [0, 0.1) is 19.8 Å². The Morgan fingerprint density at radius 2 is 2.00 bits per heavy atom. The van der Waals surface area contributed by atoms with Crippen molar-refractivity contribution in [3.63, 3.8) is 0 Å². The predicted octanol–water partition coefficient (Wildman–Crippen LogP) is 3.25. The average molecular weight is 863 g/mol. The van der Waals surface area contributed by atoms with E-state index in [1.165, 1.54) is 44.8 Å². The Morgan fingerprint density at radius 1 is 1.36 bits per heavy atom. The van der Waals surface area contributed by atoms with E-state index in [0.717, 1.165) is 5.57 Å². The molecule has 0 spiro atoms. The molecule has 0 aliphatic heterocycles. The molecule has 1 aromatic rings. The number of hydrogen-bond donors (Lipinski definition) is 0. The van der Waals surface area contributed by atoms with Gasteiger partial charge in [0.25, 0.3) is 0 Å². The van der Waals surface area contributed by atoms with Gasteiger partial charge in [0.05, 0.1) is 0 Å². The minimum Gasteiger partial charge on any atom is -0.432 e. The maximum Gasteiger partial charge on any atom is 0 e. The van der Waals surface area contributed by atoms with Crippen molar-refractivity contribution < 1.29 is 72.9 Å². The fraction of sp³-hybridized carbons (Fsp3) is 0.0556. The summed E-state index contributed by atoms with van der Waals surface area (Å²) in [6, 6.07) is 6.59. The molecular weight excluding hydrogens is 848 g/mol. The van der Waals surface area contributed by atoms with Crippen molar-refractivity contribution in [2.24, 2.45) is 0 Å². The third kappa shape index (κ3) is 14.5. The fourth-order valence-corrected chi connectivity index (χ4v) is 2.58. The number of rotatable bonds is 7. The molecule has 0 N–H and O–H groups in total. The van der Waals surface area contributed by atoms with Crippen LogP contribution >= 0.6 is 0 Å². The van der Waals surface area contributed by atoms with Gasteiger partial charge in [0.1, 0.15) is 0 Å². The van der Waals surface area contributed by atoms with Crippen molar-refractivity contribution in [1.82, 2.24) is 0 Å². The minimum absolute atomic E-state index is 0. The Balaban J connectivity index is 0. The smallest absolute Gasteiger partial charge is 0 e. The van der Waals surface area contributed by atoms with Crippen molar-refractivity contribution in [3.05, 3.63) is 85.2 Å². The van der Waals surface area contributed by atoms with Gasteiger partial charge < -0.3 is 8.42 Å². The van der Waals surface area contributed by atoms with E-state index in [0.29, 0.717) is 11.3 Å². The SMILES string of the molecule is [CH-]=C(/C=C\[CH]=[W])O[C-]=C/C(C)=C\[C-]=[W].[CH2-]c1ccccc1[S-](=O)=O.[W]. The van der Waals surface area contributed by atoms with Crippen LogP contribution in [0.25, 0.3) is 0 Å². The summed E-state index contributed by atoms with van der Waals surface area (Å²) in [6.07, 6.45) is 9.76. The van der Waals surface area contributed by atoms with Gasteiger partial charge in [0.2, 0.25) is 0 Å². The second-order valence-electron chi connectivity index (χ2n) is 4.11. The van der Waals surface area contributed by atoms with Crippen molar-refractivity contribution in [2.75, 3.05) is 0 Å². The summed E-state index contributed by atoms with van der Waals surface area (Å²) in [5.41, 5.74) is 1.57. The van der Waals surface area contributed by atoms with Crippen LogP contribution in [-0.2, 0) is 83.6 Å². The van der Waals surface area contributed by atoms with E-state index in [1.54, 1.807) is 30.4 Å². The molecule has 0 aromatic heterocycles.